The van der Waals surface area contributed by atoms with Gasteiger partial charge in [-0.3, -0.25) is 0 Å². The Bertz CT molecular complexity index is 983. The molecule has 2 aromatic carbocycles. The molecule has 2 aliphatic heterocycles. The first-order valence-electron chi connectivity index (χ1n) is 10.6. The normalized spacial score (nSPS) is 16.7. The molecule has 1 fully saturated rings. The van der Waals surface area contributed by atoms with E-state index in [2.05, 4.69) is 74.8 Å². The fourth-order valence-corrected chi connectivity index (χ4v) is 4.53. The lowest BCUT2D eigenvalue weighted by Gasteiger charge is -2.36. The lowest BCUT2D eigenvalue weighted by atomic mass is 10.0. The van der Waals surface area contributed by atoms with Crippen LogP contribution >= 0.6 is 0 Å². The maximum absolute atomic E-state index is 4.80. The van der Waals surface area contributed by atoms with E-state index in [-0.39, 0.29) is 0 Å². The predicted octanol–water partition coefficient (Wildman–Crippen LogP) is 3.60. The Kier molecular flexibility index (Phi) is 4.94. The number of benzene rings is 2. The molecule has 0 amide bonds. The van der Waals surface area contributed by atoms with Crippen LogP contribution in [0.4, 0.5) is 17.2 Å². The number of nitrogens with one attached hydrogen (secondary N) is 2. The molecule has 3 heterocycles. The van der Waals surface area contributed by atoms with Crippen molar-refractivity contribution in [3.05, 3.63) is 54.4 Å². The SMILES string of the molecule is CCN1CNc2cc3c(N(Cc4ccccc4)C4CCNCC4)ncnc3cc21. The average Bonchev–Trinajstić information content (AvgIpc) is 3.19. The molecule has 3 aromatic rings. The highest BCUT2D eigenvalue weighted by Gasteiger charge is 2.26. The molecule has 2 N–H and O–H groups in total. The molecule has 5 rings (SSSR count). The minimum absolute atomic E-state index is 0.475. The fourth-order valence-electron chi connectivity index (χ4n) is 4.53. The maximum atomic E-state index is 4.80. The summed E-state index contributed by atoms with van der Waals surface area (Å²) in [4.78, 5) is 14.3. The molecular formula is C23H28N6. The number of rotatable bonds is 5. The van der Waals surface area contributed by atoms with E-state index in [0.717, 1.165) is 62.4 Å². The van der Waals surface area contributed by atoms with Crippen LogP contribution in [0.5, 0.6) is 0 Å². The van der Waals surface area contributed by atoms with Gasteiger partial charge in [-0.15, -0.1) is 0 Å². The van der Waals surface area contributed by atoms with Crippen LogP contribution in [0.25, 0.3) is 10.9 Å². The van der Waals surface area contributed by atoms with Crippen molar-refractivity contribution in [3.8, 4) is 0 Å². The van der Waals surface area contributed by atoms with E-state index in [0.29, 0.717) is 6.04 Å². The summed E-state index contributed by atoms with van der Waals surface area (Å²) in [5, 5.41) is 8.15. The van der Waals surface area contributed by atoms with Crippen molar-refractivity contribution in [1.29, 1.82) is 0 Å². The van der Waals surface area contributed by atoms with Crippen molar-refractivity contribution >= 4 is 28.1 Å². The Morgan fingerprint density at radius 1 is 1.10 bits per heavy atom. The molecule has 6 nitrogen and oxygen atoms in total. The van der Waals surface area contributed by atoms with Gasteiger partial charge in [0, 0.05) is 24.5 Å². The smallest absolute Gasteiger partial charge is 0.140 e. The highest BCUT2D eigenvalue weighted by Crippen LogP contribution is 2.38. The Labute approximate surface area is 172 Å². The maximum Gasteiger partial charge on any atom is 0.140 e. The van der Waals surface area contributed by atoms with Gasteiger partial charge in [0.1, 0.15) is 12.1 Å². The third-order valence-corrected chi connectivity index (χ3v) is 6.13. The van der Waals surface area contributed by atoms with Crippen LogP contribution in [0.3, 0.4) is 0 Å². The molecule has 0 aliphatic carbocycles. The molecule has 6 heteroatoms. The molecule has 2 aliphatic rings. The van der Waals surface area contributed by atoms with Crippen LogP contribution in [0.2, 0.25) is 0 Å². The monoisotopic (exact) mass is 388 g/mol. The minimum atomic E-state index is 0.475. The number of hydrogen-bond acceptors (Lipinski definition) is 6. The average molecular weight is 389 g/mol. The molecule has 0 saturated carbocycles. The highest BCUT2D eigenvalue weighted by atomic mass is 15.3. The third kappa shape index (κ3) is 3.49. The fraction of sp³-hybridized carbons (Fsp3) is 0.391. The van der Waals surface area contributed by atoms with Crippen molar-refractivity contribution in [1.82, 2.24) is 15.3 Å². The minimum Gasteiger partial charge on any atom is -0.366 e. The molecule has 0 unspecified atom stereocenters. The van der Waals surface area contributed by atoms with Gasteiger partial charge >= 0.3 is 0 Å². The predicted molar refractivity (Wildman–Crippen MR) is 120 cm³/mol. The largest absolute Gasteiger partial charge is 0.366 e. The second kappa shape index (κ2) is 7.87. The molecular weight excluding hydrogens is 360 g/mol. The van der Waals surface area contributed by atoms with Gasteiger partial charge in [-0.2, -0.15) is 0 Å². The summed E-state index contributed by atoms with van der Waals surface area (Å²) in [7, 11) is 0. The Morgan fingerprint density at radius 3 is 2.72 bits per heavy atom. The molecule has 0 spiro atoms. The summed E-state index contributed by atoms with van der Waals surface area (Å²) in [5.41, 5.74) is 4.75. The van der Waals surface area contributed by atoms with Crippen LogP contribution in [-0.4, -0.2) is 42.3 Å². The molecule has 29 heavy (non-hydrogen) atoms. The highest BCUT2D eigenvalue weighted by molar-refractivity contribution is 5.97. The van der Waals surface area contributed by atoms with E-state index in [4.69, 9.17) is 4.98 Å². The van der Waals surface area contributed by atoms with Gasteiger partial charge in [-0.1, -0.05) is 30.3 Å². The molecule has 1 aromatic heterocycles. The summed E-state index contributed by atoms with van der Waals surface area (Å²) in [5.74, 6) is 1.05. The van der Waals surface area contributed by atoms with Gasteiger partial charge in [-0.05, 0) is 50.6 Å². The van der Waals surface area contributed by atoms with Crippen LogP contribution in [0.1, 0.15) is 25.3 Å². The molecule has 0 atom stereocenters. The second-order valence-corrected chi connectivity index (χ2v) is 7.87. The van der Waals surface area contributed by atoms with Gasteiger partial charge in [0.2, 0.25) is 0 Å². The van der Waals surface area contributed by atoms with E-state index in [1.807, 2.05) is 0 Å². The summed E-state index contributed by atoms with van der Waals surface area (Å²) >= 11 is 0. The van der Waals surface area contributed by atoms with E-state index in [1.54, 1.807) is 6.33 Å². The molecule has 1 saturated heterocycles. The van der Waals surface area contributed by atoms with Crippen molar-refractivity contribution < 1.29 is 0 Å². The summed E-state index contributed by atoms with van der Waals surface area (Å²) in [6.45, 7) is 7.00. The topological polar surface area (TPSA) is 56.3 Å². The number of hydrogen-bond donors (Lipinski definition) is 2. The van der Waals surface area contributed by atoms with Gasteiger partial charge in [-0.25, -0.2) is 9.97 Å². The Morgan fingerprint density at radius 2 is 1.93 bits per heavy atom. The molecule has 0 radical (unpaired) electrons. The lowest BCUT2D eigenvalue weighted by Crippen LogP contribution is -2.43. The number of anilines is 3. The molecule has 150 valence electrons. The number of fused-ring (bicyclic) bond motifs is 2. The zero-order valence-electron chi connectivity index (χ0n) is 16.9. The van der Waals surface area contributed by atoms with E-state index in [1.165, 1.54) is 16.9 Å². The van der Waals surface area contributed by atoms with Crippen LogP contribution in [0.15, 0.2) is 48.8 Å². The summed E-state index contributed by atoms with van der Waals surface area (Å²) < 4.78 is 0. The Balaban J connectivity index is 1.59. The standard InChI is InChI=1S/C23H28N6/c1-2-28-16-27-21-12-19-20(13-22(21)28)25-15-26-23(19)29(18-8-10-24-11-9-18)14-17-6-4-3-5-7-17/h3-7,12-13,15,18,24,27H,2,8-11,14,16H2,1H3. The van der Waals surface area contributed by atoms with Crippen LogP contribution in [-0.2, 0) is 6.54 Å². The van der Waals surface area contributed by atoms with Gasteiger partial charge in [0.25, 0.3) is 0 Å². The summed E-state index contributed by atoms with van der Waals surface area (Å²) in [6, 6.07) is 15.6. The molecule has 0 bridgehead atoms. The van der Waals surface area contributed by atoms with E-state index in [9.17, 15) is 0 Å². The zero-order chi connectivity index (χ0) is 19.6. The van der Waals surface area contributed by atoms with E-state index >= 15 is 0 Å². The Hall–Kier alpha value is -2.86. The van der Waals surface area contributed by atoms with Crippen LogP contribution < -0.4 is 20.4 Å². The lowest BCUT2D eigenvalue weighted by molar-refractivity contribution is 0.426. The number of nitrogens with zero attached hydrogens (tertiary/aromatic N) is 4. The number of piperidine rings is 1. The van der Waals surface area contributed by atoms with Crippen molar-refractivity contribution in [2.45, 2.75) is 32.4 Å². The first kappa shape index (κ1) is 18.2. The number of aromatic nitrogens is 2. The van der Waals surface area contributed by atoms with Crippen molar-refractivity contribution in [2.75, 3.05) is 41.4 Å². The van der Waals surface area contributed by atoms with Gasteiger partial charge < -0.3 is 20.4 Å². The third-order valence-electron chi connectivity index (χ3n) is 6.13. The summed E-state index contributed by atoms with van der Waals surface area (Å²) in [6.07, 6.45) is 3.98. The van der Waals surface area contributed by atoms with Gasteiger partial charge in [0.05, 0.1) is 23.6 Å². The quantitative estimate of drug-likeness (QED) is 0.697. The first-order chi connectivity index (χ1) is 14.3. The first-order valence-corrected chi connectivity index (χ1v) is 10.6. The van der Waals surface area contributed by atoms with Gasteiger partial charge in [0.15, 0.2) is 0 Å². The second-order valence-electron chi connectivity index (χ2n) is 7.87. The van der Waals surface area contributed by atoms with E-state index < -0.39 is 0 Å². The zero-order valence-corrected chi connectivity index (χ0v) is 16.9. The van der Waals surface area contributed by atoms with Crippen LogP contribution in [0, 0.1) is 0 Å². The van der Waals surface area contributed by atoms with Crippen molar-refractivity contribution in [3.63, 3.8) is 0 Å². The van der Waals surface area contributed by atoms with Crippen molar-refractivity contribution in [2.24, 2.45) is 0 Å².